The number of benzene rings is 3. The number of phenolic OH excluding ortho intramolecular Hbond substituents is 1. The highest BCUT2D eigenvalue weighted by Gasteiger charge is 2.26. The molecular weight excluding hydrogens is 528 g/mol. The minimum atomic E-state index is -0.767. The molecule has 1 aliphatic heterocycles. The van der Waals surface area contributed by atoms with Gasteiger partial charge in [-0.3, -0.25) is 18.8 Å². The van der Waals surface area contributed by atoms with Gasteiger partial charge >= 0.3 is 5.69 Å². The van der Waals surface area contributed by atoms with Gasteiger partial charge < -0.3 is 15.7 Å². The number of aromatic nitrogens is 2. The van der Waals surface area contributed by atoms with Crippen LogP contribution < -0.4 is 21.9 Å². The molecule has 0 bridgehead atoms. The van der Waals surface area contributed by atoms with Gasteiger partial charge in [0.25, 0.3) is 5.56 Å². The number of phenols is 1. The number of rotatable bonds is 8. The predicted octanol–water partition coefficient (Wildman–Crippen LogP) is 3.37. The van der Waals surface area contributed by atoms with Gasteiger partial charge in [0.15, 0.2) is 0 Å². The number of nitrogens with two attached hydrogens (primary N) is 1. The normalized spacial score (nSPS) is 14.8. The first kappa shape index (κ1) is 28.3. The van der Waals surface area contributed by atoms with Crippen LogP contribution in [0.1, 0.15) is 28.4 Å². The molecule has 3 N–H and O–H groups in total. The second-order valence-electron chi connectivity index (χ2n) is 10.4. The third-order valence-corrected chi connectivity index (χ3v) is 7.65. The van der Waals surface area contributed by atoms with E-state index >= 15 is 0 Å². The Balaban J connectivity index is 1.50. The zero-order valence-electron chi connectivity index (χ0n) is 22.8. The van der Waals surface area contributed by atoms with Crippen molar-refractivity contribution >= 4 is 5.69 Å². The first-order valence-electron chi connectivity index (χ1n) is 13.6. The maximum Gasteiger partial charge on any atom is 0.331 e. The number of anilines is 1. The van der Waals surface area contributed by atoms with Crippen molar-refractivity contribution in [3.05, 3.63) is 128 Å². The highest BCUT2D eigenvalue weighted by Crippen LogP contribution is 2.21. The van der Waals surface area contributed by atoms with Gasteiger partial charge in [0.1, 0.15) is 23.1 Å². The molecule has 5 rings (SSSR count). The van der Waals surface area contributed by atoms with Crippen LogP contribution in [0, 0.1) is 18.6 Å². The molecule has 41 heavy (non-hydrogen) atoms. The minimum absolute atomic E-state index is 0.0911. The molecule has 0 saturated carbocycles. The lowest BCUT2D eigenvalue weighted by atomic mass is 10.1. The average molecular weight is 562 g/mol. The molecule has 1 aromatic heterocycles. The van der Waals surface area contributed by atoms with E-state index in [-0.39, 0.29) is 24.4 Å². The van der Waals surface area contributed by atoms with E-state index in [2.05, 4.69) is 4.90 Å². The minimum Gasteiger partial charge on any atom is -0.508 e. The van der Waals surface area contributed by atoms with Crippen molar-refractivity contribution in [3.63, 3.8) is 0 Å². The standard InChI is InChI=1S/C31H33F2N5O3/c1-21-29(36-15-13-35(14-16-36)18-22-7-5-10-24(39)17-22)30(40)38(20-28(34)23-8-3-2-4-9-23)31(41)37(21)19-25-26(32)11-6-12-27(25)33/h2-12,17,28,39H,13-16,18-20,34H2,1H3/t28-/m0/s1. The van der Waals surface area contributed by atoms with E-state index < -0.39 is 28.9 Å². The summed E-state index contributed by atoms with van der Waals surface area (Å²) in [6.07, 6.45) is 0. The zero-order chi connectivity index (χ0) is 29.1. The van der Waals surface area contributed by atoms with E-state index in [1.165, 1.54) is 10.6 Å². The lowest BCUT2D eigenvalue weighted by Gasteiger charge is -2.37. The van der Waals surface area contributed by atoms with Crippen LogP contribution in [-0.2, 0) is 19.6 Å². The first-order valence-corrected chi connectivity index (χ1v) is 13.6. The van der Waals surface area contributed by atoms with E-state index in [9.17, 15) is 23.5 Å². The molecule has 4 aromatic rings. The van der Waals surface area contributed by atoms with E-state index in [4.69, 9.17) is 5.73 Å². The van der Waals surface area contributed by atoms with Crippen molar-refractivity contribution in [2.24, 2.45) is 5.73 Å². The maximum atomic E-state index is 14.6. The summed E-state index contributed by atoms with van der Waals surface area (Å²) < 4.78 is 31.6. The zero-order valence-corrected chi connectivity index (χ0v) is 22.8. The molecular formula is C31H33F2N5O3. The molecule has 0 aliphatic carbocycles. The Bertz CT molecular complexity index is 1630. The highest BCUT2D eigenvalue weighted by atomic mass is 19.1. The van der Waals surface area contributed by atoms with E-state index in [0.29, 0.717) is 44.1 Å². The number of aromatic hydroxyl groups is 1. The molecule has 0 amide bonds. The summed E-state index contributed by atoms with van der Waals surface area (Å²) in [7, 11) is 0. The Morgan fingerprint density at radius 1 is 0.854 bits per heavy atom. The van der Waals surface area contributed by atoms with Gasteiger partial charge in [0, 0.05) is 50.0 Å². The van der Waals surface area contributed by atoms with Crippen LogP contribution in [0.2, 0.25) is 0 Å². The summed E-state index contributed by atoms with van der Waals surface area (Å²) in [6.45, 7) is 4.11. The number of hydrogen-bond acceptors (Lipinski definition) is 6. The number of nitrogens with zero attached hydrogens (tertiary/aromatic N) is 4. The fourth-order valence-electron chi connectivity index (χ4n) is 5.38. The van der Waals surface area contributed by atoms with Crippen LogP contribution >= 0.6 is 0 Å². The molecule has 0 spiro atoms. The van der Waals surface area contributed by atoms with E-state index in [0.717, 1.165) is 27.8 Å². The van der Waals surface area contributed by atoms with Gasteiger partial charge in [-0.2, -0.15) is 0 Å². The fraction of sp³-hybridized carbons (Fsp3) is 0.290. The average Bonchev–Trinajstić information content (AvgIpc) is 2.96. The van der Waals surface area contributed by atoms with Crippen LogP contribution in [0.15, 0.2) is 82.4 Å². The quantitative estimate of drug-likeness (QED) is 0.343. The molecule has 0 unspecified atom stereocenters. The Labute approximate surface area is 236 Å². The van der Waals surface area contributed by atoms with E-state index in [1.54, 1.807) is 25.1 Å². The van der Waals surface area contributed by atoms with Gasteiger partial charge in [-0.25, -0.2) is 13.6 Å². The largest absolute Gasteiger partial charge is 0.508 e. The Morgan fingerprint density at radius 2 is 1.51 bits per heavy atom. The van der Waals surface area contributed by atoms with Crippen molar-refractivity contribution in [1.82, 2.24) is 14.0 Å². The topological polar surface area (TPSA) is 96.7 Å². The molecule has 214 valence electrons. The predicted molar refractivity (Wildman–Crippen MR) is 154 cm³/mol. The highest BCUT2D eigenvalue weighted by molar-refractivity contribution is 5.50. The van der Waals surface area contributed by atoms with Crippen molar-refractivity contribution in [1.29, 1.82) is 0 Å². The Hall–Kier alpha value is -4.28. The Morgan fingerprint density at radius 3 is 2.17 bits per heavy atom. The lowest BCUT2D eigenvalue weighted by molar-refractivity contribution is 0.249. The van der Waals surface area contributed by atoms with Crippen molar-refractivity contribution in [3.8, 4) is 5.75 Å². The summed E-state index contributed by atoms with van der Waals surface area (Å²) in [6, 6.07) is 19.2. The second-order valence-corrected chi connectivity index (χ2v) is 10.4. The van der Waals surface area contributed by atoms with Crippen LogP contribution in [0.25, 0.3) is 0 Å². The third-order valence-electron chi connectivity index (χ3n) is 7.65. The van der Waals surface area contributed by atoms with Crippen molar-refractivity contribution in [2.45, 2.75) is 32.6 Å². The molecule has 10 heteroatoms. The van der Waals surface area contributed by atoms with Gasteiger partial charge in [-0.1, -0.05) is 48.5 Å². The second kappa shape index (κ2) is 12.1. The SMILES string of the molecule is Cc1c(N2CCN(Cc3cccc(O)c3)CC2)c(=O)n(C[C@H](N)c2ccccc2)c(=O)n1Cc1c(F)cccc1F. The molecule has 1 aliphatic rings. The van der Waals surface area contributed by atoms with Crippen molar-refractivity contribution < 1.29 is 13.9 Å². The molecule has 1 atom stereocenters. The Kier molecular flexibility index (Phi) is 8.32. The number of halogens is 2. The summed E-state index contributed by atoms with van der Waals surface area (Å²) in [4.78, 5) is 31.7. The molecule has 0 radical (unpaired) electrons. The monoisotopic (exact) mass is 561 g/mol. The molecule has 1 saturated heterocycles. The number of hydrogen-bond donors (Lipinski definition) is 2. The van der Waals surface area contributed by atoms with Crippen LogP contribution in [0.3, 0.4) is 0 Å². The van der Waals surface area contributed by atoms with Crippen LogP contribution in [0.4, 0.5) is 14.5 Å². The third kappa shape index (κ3) is 6.08. The summed E-state index contributed by atoms with van der Waals surface area (Å²) in [5.74, 6) is -1.33. The summed E-state index contributed by atoms with van der Waals surface area (Å²) >= 11 is 0. The lowest BCUT2D eigenvalue weighted by Crippen LogP contribution is -2.51. The fourth-order valence-corrected chi connectivity index (χ4v) is 5.38. The molecule has 2 heterocycles. The first-order chi connectivity index (χ1) is 19.7. The van der Waals surface area contributed by atoms with Crippen LogP contribution in [0.5, 0.6) is 5.75 Å². The van der Waals surface area contributed by atoms with Gasteiger partial charge in [0.2, 0.25) is 0 Å². The molecule has 1 fully saturated rings. The smallest absolute Gasteiger partial charge is 0.331 e. The van der Waals surface area contributed by atoms with Gasteiger partial charge in [0.05, 0.1) is 13.1 Å². The van der Waals surface area contributed by atoms with Crippen LogP contribution in [-0.4, -0.2) is 45.3 Å². The van der Waals surface area contributed by atoms with Crippen molar-refractivity contribution in [2.75, 3.05) is 31.1 Å². The van der Waals surface area contributed by atoms with Gasteiger partial charge in [-0.15, -0.1) is 0 Å². The summed E-state index contributed by atoms with van der Waals surface area (Å²) in [5, 5.41) is 9.80. The molecule has 3 aromatic carbocycles. The van der Waals surface area contributed by atoms with E-state index in [1.807, 2.05) is 41.3 Å². The number of piperazine rings is 1. The summed E-state index contributed by atoms with van der Waals surface area (Å²) in [5.41, 5.74) is 7.41. The maximum absolute atomic E-state index is 14.6. The molecule has 8 nitrogen and oxygen atoms in total. The van der Waals surface area contributed by atoms with Gasteiger partial charge in [-0.05, 0) is 42.3 Å².